The molecule has 6 heteroatoms. The molecule has 0 bridgehead atoms. The molecule has 1 N–H and O–H groups in total. The molecule has 0 radical (unpaired) electrons. The number of hydrogen-bond donors (Lipinski definition) is 1. The fraction of sp³-hybridized carbons (Fsp3) is 0. The zero-order chi connectivity index (χ0) is 7.61. The molecule has 1 heterocycles. The summed E-state index contributed by atoms with van der Waals surface area (Å²) < 4.78 is 29.1. The first kappa shape index (κ1) is 11.1. The van der Waals surface area contributed by atoms with E-state index < -0.39 is 10.1 Å². The normalized spacial score (nSPS) is 10.3. The molecular formula is C5H6NNaO3S. The fourth-order valence-corrected chi connectivity index (χ4v) is 0.944. The van der Waals surface area contributed by atoms with Crippen LogP contribution < -0.4 is 29.6 Å². The quantitative estimate of drug-likeness (QED) is 0.384. The monoisotopic (exact) mass is 183 g/mol. The predicted octanol–water partition coefficient (Wildman–Crippen LogP) is -2.56. The molecule has 0 aliphatic carbocycles. The molecule has 0 aromatic carbocycles. The number of pyridine rings is 1. The summed E-state index contributed by atoms with van der Waals surface area (Å²) in [6, 6.07) is 2.70. The van der Waals surface area contributed by atoms with Crippen LogP contribution in [0.3, 0.4) is 0 Å². The van der Waals surface area contributed by atoms with E-state index in [1.807, 2.05) is 0 Å². The van der Waals surface area contributed by atoms with Gasteiger partial charge in [0.25, 0.3) is 10.1 Å². The first-order valence-electron chi connectivity index (χ1n) is 2.48. The molecule has 1 rings (SSSR count). The third-order valence-electron chi connectivity index (χ3n) is 0.932. The molecule has 0 spiro atoms. The van der Waals surface area contributed by atoms with Crippen molar-refractivity contribution in [2.45, 2.75) is 4.90 Å². The van der Waals surface area contributed by atoms with E-state index >= 15 is 0 Å². The maximum Gasteiger partial charge on any atom is 1.00 e. The van der Waals surface area contributed by atoms with Gasteiger partial charge in [0.1, 0.15) is 4.90 Å². The van der Waals surface area contributed by atoms with Gasteiger partial charge in [-0.25, -0.2) is 0 Å². The van der Waals surface area contributed by atoms with Crippen LogP contribution >= 0.6 is 0 Å². The minimum Gasteiger partial charge on any atom is -1.00 e. The van der Waals surface area contributed by atoms with Crippen LogP contribution in [0.4, 0.5) is 0 Å². The Morgan fingerprint density at radius 2 is 2.18 bits per heavy atom. The van der Waals surface area contributed by atoms with Crippen molar-refractivity contribution in [2.24, 2.45) is 0 Å². The van der Waals surface area contributed by atoms with Crippen LogP contribution in [0.25, 0.3) is 0 Å². The van der Waals surface area contributed by atoms with Crippen molar-refractivity contribution in [1.29, 1.82) is 0 Å². The molecule has 0 saturated carbocycles. The van der Waals surface area contributed by atoms with E-state index in [9.17, 15) is 8.42 Å². The topological polar surface area (TPSA) is 67.3 Å². The van der Waals surface area contributed by atoms with E-state index in [2.05, 4.69) is 4.98 Å². The van der Waals surface area contributed by atoms with E-state index in [1.165, 1.54) is 18.3 Å². The second kappa shape index (κ2) is 4.18. The Morgan fingerprint density at radius 1 is 1.55 bits per heavy atom. The second-order valence-electron chi connectivity index (χ2n) is 1.66. The van der Waals surface area contributed by atoms with Crippen LogP contribution in [0.15, 0.2) is 29.4 Å². The summed E-state index contributed by atoms with van der Waals surface area (Å²) in [5.41, 5.74) is 0. The summed E-state index contributed by atoms with van der Waals surface area (Å²) in [4.78, 5) is 3.33. The van der Waals surface area contributed by atoms with E-state index in [4.69, 9.17) is 4.55 Å². The third kappa shape index (κ3) is 3.31. The summed E-state index contributed by atoms with van der Waals surface area (Å²) in [7, 11) is -4.07. The van der Waals surface area contributed by atoms with E-state index in [0.717, 1.165) is 6.20 Å². The Kier molecular flexibility index (Phi) is 4.20. The standard InChI is InChI=1S/C5H5NO3S.Na.H/c7-10(8,9)5-2-1-3-6-4-5;;/h1-4H,(H,7,8,9);;/q;+1;-1. The molecule has 0 aliphatic heterocycles. The average molecular weight is 183 g/mol. The Labute approximate surface area is 88.2 Å². The van der Waals surface area contributed by atoms with Gasteiger partial charge in [-0.05, 0) is 12.1 Å². The maximum absolute atomic E-state index is 10.3. The summed E-state index contributed by atoms with van der Waals surface area (Å²) in [6.07, 6.45) is 2.50. The molecule has 0 unspecified atom stereocenters. The zero-order valence-corrected chi connectivity index (χ0v) is 8.75. The molecule has 0 fully saturated rings. The third-order valence-corrected chi connectivity index (χ3v) is 1.77. The molecule has 0 aliphatic rings. The number of hydrogen-bond acceptors (Lipinski definition) is 3. The van der Waals surface area contributed by atoms with Crippen molar-refractivity contribution in [3.05, 3.63) is 24.5 Å². The van der Waals surface area contributed by atoms with Crippen molar-refractivity contribution < 1.29 is 44.0 Å². The van der Waals surface area contributed by atoms with Gasteiger partial charge < -0.3 is 1.43 Å². The van der Waals surface area contributed by atoms with E-state index in [-0.39, 0.29) is 35.9 Å². The van der Waals surface area contributed by atoms with Crippen LogP contribution in [0.2, 0.25) is 0 Å². The molecule has 0 amide bonds. The second-order valence-corrected chi connectivity index (χ2v) is 3.09. The van der Waals surface area contributed by atoms with Gasteiger partial charge in [-0.15, -0.1) is 0 Å². The SMILES string of the molecule is O=S(=O)(O)c1cccnc1.[H-].[Na+]. The van der Waals surface area contributed by atoms with Crippen molar-refractivity contribution in [2.75, 3.05) is 0 Å². The molecule has 4 nitrogen and oxygen atoms in total. The molecule has 0 saturated heterocycles. The first-order chi connectivity index (χ1) is 4.61. The number of aromatic nitrogens is 1. The molecule has 11 heavy (non-hydrogen) atoms. The van der Waals surface area contributed by atoms with Gasteiger partial charge in [0.15, 0.2) is 0 Å². The Balaban J connectivity index is 0. The Bertz CT molecular complexity index is 315. The minimum absolute atomic E-state index is 0. The van der Waals surface area contributed by atoms with Gasteiger partial charge in [0.05, 0.1) is 0 Å². The van der Waals surface area contributed by atoms with Gasteiger partial charge in [-0.2, -0.15) is 8.42 Å². The van der Waals surface area contributed by atoms with Crippen LogP contribution in [0.5, 0.6) is 0 Å². The average Bonchev–Trinajstić information content (AvgIpc) is 1.88. The van der Waals surface area contributed by atoms with Crippen LogP contribution in [0.1, 0.15) is 1.43 Å². The van der Waals surface area contributed by atoms with Crippen LogP contribution in [-0.2, 0) is 10.1 Å². The largest absolute Gasteiger partial charge is 1.00 e. The Morgan fingerprint density at radius 3 is 2.45 bits per heavy atom. The molecule has 1 aromatic heterocycles. The molecule has 1 aromatic rings. The van der Waals surface area contributed by atoms with Gasteiger partial charge in [-0.1, -0.05) is 0 Å². The zero-order valence-electron chi connectivity index (χ0n) is 6.93. The maximum atomic E-state index is 10.3. The minimum atomic E-state index is -4.07. The summed E-state index contributed by atoms with van der Waals surface area (Å²) in [6.45, 7) is 0. The Hall–Kier alpha value is 0.0600. The summed E-state index contributed by atoms with van der Waals surface area (Å²) >= 11 is 0. The van der Waals surface area contributed by atoms with Gasteiger partial charge in [-0.3, -0.25) is 9.54 Å². The predicted molar refractivity (Wildman–Crippen MR) is 35.2 cm³/mol. The summed E-state index contributed by atoms with van der Waals surface area (Å²) in [5, 5.41) is 0. The van der Waals surface area contributed by atoms with E-state index in [0.29, 0.717) is 0 Å². The van der Waals surface area contributed by atoms with E-state index in [1.54, 1.807) is 0 Å². The number of nitrogens with zero attached hydrogens (tertiary/aromatic N) is 1. The van der Waals surface area contributed by atoms with Crippen molar-refractivity contribution in [3.63, 3.8) is 0 Å². The fourth-order valence-electron chi connectivity index (χ4n) is 0.500. The van der Waals surface area contributed by atoms with Crippen molar-refractivity contribution in [1.82, 2.24) is 4.98 Å². The number of rotatable bonds is 1. The summed E-state index contributed by atoms with van der Waals surface area (Å²) in [5.74, 6) is 0. The van der Waals surface area contributed by atoms with Gasteiger partial charge in [0.2, 0.25) is 0 Å². The first-order valence-corrected chi connectivity index (χ1v) is 3.92. The molecule has 0 atom stereocenters. The van der Waals surface area contributed by atoms with Crippen LogP contribution in [0, 0.1) is 0 Å². The van der Waals surface area contributed by atoms with Gasteiger partial charge >= 0.3 is 29.6 Å². The smallest absolute Gasteiger partial charge is 1.00 e. The molecule has 56 valence electrons. The van der Waals surface area contributed by atoms with Crippen LogP contribution in [-0.4, -0.2) is 18.0 Å². The van der Waals surface area contributed by atoms with Crippen molar-refractivity contribution in [3.8, 4) is 0 Å². The molecular weight excluding hydrogens is 177 g/mol. The van der Waals surface area contributed by atoms with Crippen molar-refractivity contribution >= 4 is 10.1 Å². The van der Waals surface area contributed by atoms with Gasteiger partial charge in [0, 0.05) is 12.4 Å².